The van der Waals surface area contributed by atoms with Crippen molar-refractivity contribution in [2.45, 2.75) is 52.2 Å². The number of hydrogen-bond donors (Lipinski definition) is 0. The van der Waals surface area contributed by atoms with E-state index < -0.39 is 0 Å². The molecule has 1 aliphatic heterocycles. The predicted octanol–water partition coefficient (Wildman–Crippen LogP) is 3.47. The van der Waals surface area contributed by atoms with Crippen molar-refractivity contribution in [2.24, 2.45) is 5.41 Å². The zero-order valence-corrected chi connectivity index (χ0v) is 9.63. The number of rotatable bonds is 0. The normalized spacial score (nSPS) is 40.3. The third-order valence-electron chi connectivity index (χ3n) is 3.42. The molecule has 2 atom stereocenters. The molecule has 2 rings (SSSR count). The monoisotopic (exact) mass is 192 g/mol. The van der Waals surface area contributed by atoms with E-state index in [1.54, 1.807) is 0 Å². The first kappa shape index (κ1) is 9.97. The molecule has 0 N–H and O–H groups in total. The van der Waals surface area contributed by atoms with Crippen LogP contribution in [0.4, 0.5) is 0 Å². The standard InChI is InChI=1S/C13H20O/c1-10-6-7-11-12(2,3)8-5-9-13(11,4)14-10/h5,7-8,10H,6,9H2,1-4H3/t10-,13+/m0/s1. The highest BCUT2D eigenvalue weighted by Crippen LogP contribution is 2.46. The molecule has 1 heterocycles. The fourth-order valence-corrected chi connectivity index (χ4v) is 2.83. The summed E-state index contributed by atoms with van der Waals surface area (Å²) in [5.41, 5.74) is 1.59. The average molecular weight is 192 g/mol. The molecule has 0 aromatic rings. The second kappa shape index (κ2) is 2.96. The SMILES string of the molecule is C[C@H]1CC=C2C(C)(C)C=CC[C@@]2(C)O1. The van der Waals surface area contributed by atoms with E-state index in [0.717, 1.165) is 12.8 Å². The molecule has 0 aromatic carbocycles. The Morgan fingerprint density at radius 2 is 2.07 bits per heavy atom. The van der Waals surface area contributed by atoms with Gasteiger partial charge in [-0.15, -0.1) is 0 Å². The van der Waals surface area contributed by atoms with Crippen LogP contribution in [0.2, 0.25) is 0 Å². The first-order valence-electron chi connectivity index (χ1n) is 5.51. The van der Waals surface area contributed by atoms with Crippen molar-refractivity contribution in [3.63, 3.8) is 0 Å². The number of allylic oxidation sites excluding steroid dienone is 1. The van der Waals surface area contributed by atoms with Crippen molar-refractivity contribution in [1.82, 2.24) is 0 Å². The van der Waals surface area contributed by atoms with Crippen LogP contribution < -0.4 is 0 Å². The van der Waals surface area contributed by atoms with Gasteiger partial charge in [0.25, 0.3) is 0 Å². The Labute approximate surface area is 86.8 Å². The fourth-order valence-electron chi connectivity index (χ4n) is 2.83. The van der Waals surface area contributed by atoms with E-state index in [1.807, 2.05) is 0 Å². The third-order valence-corrected chi connectivity index (χ3v) is 3.42. The molecule has 0 saturated heterocycles. The molecule has 78 valence electrons. The summed E-state index contributed by atoms with van der Waals surface area (Å²) < 4.78 is 6.09. The highest BCUT2D eigenvalue weighted by molar-refractivity contribution is 5.34. The molecule has 1 aliphatic carbocycles. The van der Waals surface area contributed by atoms with Crippen molar-refractivity contribution < 1.29 is 4.74 Å². The third kappa shape index (κ3) is 1.44. The Morgan fingerprint density at radius 3 is 2.79 bits per heavy atom. The van der Waals surface area contributed by atoms with Gasteiger partial charge in [0, 0.05) is 5.41 Å². The summed E-state index contributed by atoms with van der Waals surface area (Å²) in [5.74, 6) is 0. The molecule has 0 unspecified atom stereocenters. The van der Waals surface area contributed by atoms with E-state index in [4.69, 9.17) is 4.74 Å². The van der Waals surface area contributed by atoms with Crippen molar-refractivity contribution in [3.8, 4) is 0 Å². The molecule has 0 amide bonds. The molecular weight excluding hydrogens is 172 g/mol. The van der Waals surface area contributed by atoms with Crippen LogP contribution in [0.5, 0.6) is 0 Å². The van der Waals surface area contributed by atoms with Crippen LogP contribution in [0.25, 0.3) is 0 Å². The van der Waals surface area contributed by atoms with Gasteiger partial charge in [-0.25, -0.2) is 0 Å². The van der Waals surface area contributed by atoms with Crippen LogP contribution in [0, 0.1) is 5.41 Å². The molecule has 1 heteroatoms. The van der Waals surface area contributed by atoms with E-state index in [9.17, 15) is 0 Å². The smallest absolute Gasteiger partial charge is 0.0909 e. The summed E-state index contributed by atoms with van der Waals surface area (Å²) >= 11 is 0. The molecule has 2 aliphatic rings. The molecule has 0 saturated carbocycles. The first-order valence-corrected chi connectivity index (χ1v) is 5.51. The van der Waals surface area contributed by atoms with Gasteiger partial charge in [-0.3, -0.25) is 0 Å². The van der Waals surface area contributed by atoms with Crippen LogP contribution in [-0.2, 0) is 4.74 Å². The summed E-state index contributed by atoms with van der Waals surface area (Å²) in [6, 6.07) is 0. The molecule has 0 spiro atoms. The summed E-state index contributed by atoms with van der Waals surface area (Å²) in [6.45, 7) is 8.92. The van der Waals surface area contributed by atoms with Gasteiger partial charge in [0.2, 0.25) is 0 Å². The molecule has 0 radical (unpaired) electrons. The number of fused-ring (bicyclic) bond motifs is 1. The van der Waals surface area contributed by atoms with Gasteiger partial charge < -0.3 is 4.74 Å². The van der Waals surface area contributed by atoms with E-state index in [1.165, 1.54) is 5.57 Å². The van der Waals surface area contributed by atoms with Gasteiger partial charge in [0.05, 0.1) is 11.7 Å². The average Bonchev–Trinajstić information content (AvgIpc) is 2.00. The first-order chi connectivity index (χ1) is 6.44. The van der Waals surface area contributed by atoms with Gasteiger partial charge in [-0.2, -0.15) is 0 Å². The lowest BCUT2D eigenvalue weighted by Crippen LogP contribution is -2.44. The van der Waals surface area contributed by atoms with E-state index >= 15 is 0 Å². The summed E-state index contributed by atoms with van der Waals surface area (Å²) in [6.07, 6.45) is 9.40. The second-order valence-electron chi connectivity index (χ2n) is 5.34. The van der Waals surface area contributed by atoms with Gasteiger partial charge in [0.1, 0.15) is 0 Å². The Morgan fingerprint density at radius 1 is 1.36 bits per heavy atom. The van der Waals surface area contributed by atoms with Crippen LogP contribution in [0.15, 0.2) is 23.8 Å². The Hall–Kier alpha value is -0.560. The maximum absolute atomic E-state index is 6.09. The van der Waals surface area contributed by atoms with Crippen molar-refractivity contribution in [2.75, 3.05) is 0 Å². The minimum atomic E-state index is -0.0457. The maximum Gasteiger partial charge on any atom is 0.0909 e. The highest BCUT2D eigenvalue weighted by Gasteiger charge is 2.42. The Balaban J connectivity index is 2.42. The Kier molecular flexibility index (Phi) is 2.11. The van der Waals surface area contributed by atoms with Gasteiger partial charge >= 0.3 is 0 Å². The molecule has 14 heavy (non-hydrogen) atoms. The zero-order chi connectivity index (χ0) is 10.4. The lowest BCUT2D eigenvalue weighted by molar-refractivity contribution is -0.0684. The van der Waals surface area contributed by atoms with Crippen LogP contribution in [0.3, 0.4) is 0 Å². The van der Waals surface area contributed by atoms with Gasteiger partial charge in [-0.05, 0) is 32.3 Å². The van der Waals surface area contributed by atoms with Crippen LogP contribution in [-0.4, -0.2) is 11.7 Å². The summed E-state index contributed by atoms with van der Waals surface area (Å²) in [5, 5.41) is 0. The fraction of sp³-hybridized carbons (Fsp3) is 0.692. The topological polar surface area (TPSA) is 9.23 Å². The van der Waals surface area contributed by atoms with Crippen molar-refractivity contribution in [3.05, 3.63) is 23.8 Å². The van der Waals surface area contributed by atoms with E-state index in [0.29, 0.717) is 6.10 Å². The van der Waals surface area contributed by atoms with Crippen LogP contribution in [0.1, 0.15) is 40.5 Å². The maximum atomic E-state index is 6.09. The molecule has 0 bridgehead atoms. The lowest BCUT2D eigenvalue weighted by atomic mass is 9.68. The number of hydrogen-bond acceptors (Lipinski definition) is 1. The van der Waals surface area contributed by atoms with Crippen molar-refractivity contribution in [1.29, 1.82) is 0 Å². The largest absolute Gasteiger partial charge is 0.367 e. The van der Waals surface area contributed by atoms with E-state index in [2.05, 4.69) is 45.9 Å². The van der Waals surface area contributed by atoms with Crippen molar-refractivity contribution >= 4 is 0 Å². The molecule has 0 aromatic heterocycles. The summed E-state index contributed by atoms with van der Waals surface area (Å²) in [7, 11) is 0. The minimum absolute atomic E-state index is 0.0457. The van der Waals surface area contributed by atoms with E-state index in [-0.39, 0.29) is 11.0 Å². The highest BCUT2D eigenvalue weighted by atomic mass is 16.5. The predicted molar refractivity (Wildman–Crippen MR) is 59.2 cm³/mol. The quantitative estimate of drug-likeness (QED) is 0.534. The van der Waals surface area contributed by atoms with Gasteiger partial charge in [0.15, 0.2) is 0 Å². The Bertz CT molecular complexity index is 298. The zero-order valence-electron chi connectivity index (χ0n) is 9.63. The summed E-state index contributed by atoms with van der Waals surface area (Å²) in [4.78, 5) is 0. The number of ether oxygens (including phenoxy) is 1. The lowest BCUT2D eigenvalue weighted by Gasteiger charge is -2.46. The van der Waals surface area contributed by atoms with Crippen LogP contribution >= 0.6 is 0 Å². The molecule has 1 nitrogen and oxygen atoms in total. The molecular formula is C13H20O. The second-order valence-corrected chi connectivity index (χ2v) is 5.34. The molecule has 0 fully saturated rings. The van der Waals surface area contributed by atoms with Gasteiger partial charge in [-0.1, -0.05) is 32.1 Å². The minimum Gasteiger partial charge on any atom is -0.367 e.